The second-order valence-corrected chi connectivity index (χ2v) is 7.59. The number of sulfone groups is 1. The Balaban J connectivity index is 2.35. The number of carbonyl (C=O) groups excluding carboxylic acids is 1. The van der Waals surface area contributed by atoms with Crippen molar-refractivity contribution in [3.05, 3.63) is 65.7 Å². The lowest BCUT2D eigenvalue weighted by atomic mass is 10.0. The van der Waals surface area contributed by atoms with Crippen LogP contribution in [0.4, 0.5) is 4.39 Å². The minimum atomic E-state index is -3.51. The van der Waals surface area contributed by atoms with Gasteiger partial charge in [-0.3, -0.25) is 9.78 Å². The number of carbonyl (C=O) groups is 1. The van der Waals surface area contributed by atoms with Crippen LogP contribution in [0.15, 0.2) is 48.7 Å². The lowest BCUT2D eigenvalue weighted by Crippen LogP contribution is -2.40. The normalized spacial score (nSPS) is 14.0. The van der Waals surface area contributed by atoms with Crippen LogP contribution in [0, 0.1) is 5.82 Å². The Morgan fingerprint density at radius 1 is 1.17 bits per heavy atom. The molecule has 2 aromatic rings. The maximum Gasteiger partial charge on any atom is 0.238 e. The number of aromatic nitrogens is 1. The predicted octanol–water partition coefficient (Wildman–Crippen LogP) is 1.86. The molecule has 1 N–H and O–H groups in total. The van der Waals surface area contributed by atoms with Gasteiger partial charge in [0.15, 0.2) is 9.84 Å². The number of hydrogen-bond donors (Lipinski definition) is 1. The molecule has 0 bridgehead atoms. The summed E-state index contributed by atoms with van der Waals surface area (Å²) >= 11 is 0. The highest BCUT2D eigenvalue weighted by atomic mass is 32.2. The van der Waals surface area contributed by atoms with Gasteiger partial charge in [0.1, 0.15) is 11.1 Å². The molecular formula is C16H17FN2O3S. The summed E-state index contributed by atoms with van der Waals surface area (Å²) in [7, 11) is -3.51. The first-order chi connectivity index (χ1) is 10.8. The Morgan fingerprint density at radius 3 is 2.35 bits per heavy atom. The van der Waals surface area contributed by atoms with Gasteiger partial charge in [0.2, 0.25) is 5.91 Å². The summed E-state index contributed by atoms with van der Waals surface area (Å²) in [5, 5.41) is 1.49. The first-order valence-electron chi connectivity index (χ1n) is 6.94. The summed E-state index contributed by atoms with van der Waals surface area (Å²) < 4.78 is 36.2. The maximum absolute atomic E-state index is 13.1. The van der Waals surface area contributed by atoms with E-state index in [0.717, 1.165) is 6.26 Å². The van der Waals surface area contributed by atoms with Crippen molar-refractivity contribution in [3.63, 3.8) is 0 Å². The molecule has 0 radical (unpaired) electrons. The highest BCUT2D eigenvalue weighted by molar-refractivity contribution is 7.92. The van der Waals surface area contributed by atoms with Crippen LogP contribution in [0.2, 0.25) is 0 Å². The average Bonchev–Trinajstić information content (AvgIpc) is 2.52. The molecule has 7 heteroatoms. The van der Waals surface area contributed by atoms with Gasteiger partial charge in [-0.25, -0.2) is 12.8 Å². The van der Waals surface area contributed by atoms with E-state index < -0.39 is 32.9 Å². The lowest BCUT2D eigenvalue weighted by Gasteiger charge is -2.20. The van der Waals surface area contributed by atoms with E-state index in [-0.39, 0.29) is 0 Å². The zero-order valence-electron chi connectivity index (χ0n) is 12.7. The fraction of sp³-hybridized carbons (Fsp3) is 0.250. The smallest absolute Gasteiger partial charge is 0.238 e. The number of halogens is 1. The van der Waals surface area contributed by atoms with Gasteiger partial charge < -0.3 is 5.32 Å². The van der Waals surface area contributed by atoms with Gasteiger partial charge in [-0.2, -0.15) is 0 Å². The second kappa shape index (κ2) is 6.87. The minimum Gasteiger partial charge on any atom is -0.342 e. The van der Waals surface area contributed by atoms with Gasteiger partial charge >= 0.3 is 0 Å². The first-order valence-corrected chi connectivity index (χ1v) is 8.90. The monoisotopic (exact) mass is 336 g/mol. The van der Waals surface area contributed by atoms with Crippen molar-refractivity contribution in [2.45, 2.75) is 18.2 Å². The van der Waals surface area contributed by atoms with E-state index in [1.807, 2.05) is 0 Å². The van der Waals surface area contributed by atoms with Crippen molar-refractivity contribution in [1.82, 2.24) is 10.3 Å². The molecule has 0 saturated heterocycles. The molecule has 23 heavy (non-hydrogen) atoms. The molecule has 2 rings (SSSR count). The maximum atomic E-state index is 13.1. The van der Waals surface area contributed by atoms with Gasteiger partial charge in [-0.05, 0) is 36.8 Å². The zero-order valence-corrected chi connectivity index (χ0v) is 13.5. The molecule has 0 fully saturated rings. The van der Waals surface area contributed by atoms with Crippen LogP contribution in [-0.2, 0) is 14.6 Å². The van der Waals surface area contributed by atoms with Crippen LogP contribution < -0.4 is 5.32 Å². The summed E-state index contributed by atoms with van der Waals surface area (Å²) in [6.45, 7) is 1.32. The molecule has 0 aliphatic carbocycles. The Hall–Kier alpha value is -2.28. The fourth-order valence-corrected chi connectivity index (χ4v) is 2.44. The van der Waals surface area contributed by atoms with Crippen molar-refractivity contribution in [3.8, 4) is 0 Å². The third kappa shape index (κ3) is 4.35. The molecule has 0 aliphatic rings. The summed E-state index contributed by atoms with van der Waals surface area (Å²) in [4.78, 5) is 16.4. The van der Waals surface area contributed by atoms with Crippen LogP contribution >= 0.6 is 0 Å². The number of pyridine rings is 1. The SMILES string of the molecule is C[C@@H](C(=O)N[C@H](c1ccc(F)cc1)c1ccccn1)S(C)(=O)=O. The van der Waals surface area contributed by atoms with Gasteiger partial charge in [0.25, 0.3) is 0 Å². The molecule has 0 unspecified atom stereocenters. The van der Waals surface area contributed by atoms with Crippen molar-refractivity contribution < 1.29 is 17.6 Å². The second-order valence-electron chi connectivity index (χ2n) is 5.22. The largest absolute Gasteiger partial charge is 0.342 e. The number of amides is 1. The molecule has 122 valence electrons. The number of hydrogen-bond acceptors (Lipinski definition) is 4. The van der Waals surface area contributed by atoms with Gasteiger partial charge in [-0.1, -0.05) is 18.2 Å². The predicted molar refractivity (Wildman–Crippen MR) is 84.9 cm³/mol. The Bertz CT molecular complexity index is 777. The molecule has 0 spiro atoms. The van der Waals surface area contributed by atoms with Crippen LogP contribution in [0.5, 0.6) is 0 Å². The summed E-state index contributed by atoms with van der Waals surface area (Å²) in [6.07, 6.45) is 2.57. The number of nitrogens with zero attached hydrogens (tertiary/aromatic N) is 1. The summed E-state index contributed by atoms with van der Waals surface area (Å²) in [5.41, 5.74) is 1.15. The van der Waals surface area contributed by atoms with Gasteiger partial charge in [0.05, 0.1) is 11.7 Å². The molecule has 1 aromatic carbocycles. The highest BCUT2D eigenvalue weighted by Gasteiger charge is 2.27. The Kier molecular flexibility index (Phi) is 5.10. The molecule has 1 aromatic heterocycles. The number of benzene rings is 1. The number of nitrogens with one attached hydrogen (secondary N) is 1. The van der Waals surface area contributed by atoms with Crippen molar-refractivity contribution in [1.29, 1.82) is 0 Å². The molecule has 0 aliphatic heterocycles. The molecule has 5 nitrogen and oxygen atoms in total. The Morgan fingerprint density at radius 2 is 1.83 bits per heavy atom. The third-order valence-corrected chi connectivity index (χ3v) is 4.98. The minimum absolute atomic E-state index is 0.399. The molecule has 0 saturated carbocycles. The summed E-state index contributed by atoms with van der Waals surface area (Å²) in [6, 6.07) is 10.1. The van der Waals surface area contributed by atoms with E-state index >= 15 is 0 Å². The van der Waals surface area contributed by atoms with Crippen molar-refractivity contribution >= 4 is 15.7 Å². The zero-order chi connectivity index (χ0) is 17.0. The van der Waals surface area contributed by atoms with Crippen LogP contribution in [0.3, 0.4) is 0 Å². The van der Waals surface area contributed by atoms with E-state index in [0.29, 0.717) is 11.3 Å². The van der Waals surface area contributed by atoms with Gasteiger partial charge in [-0.15, -0.1) is 0 Å². The van der Waals surface area contributed by atoms with Crippen molar-refractivity contribution in [2.24, 2.45) is 0 Å². The van der Waals surface area contributed by atoms with Crippen molar-refractivity contribution in [2.75, 3.05) is 6.26 Å². The van der Waals surface area contributed by atoms with E-state index in [2.05, 4.69) is 10.3 Å². The van der Waals surface area contributed by atoms with Gasteiger partial charge in [0, 0.05) is 12.5 Å². The summed E-state index contributed by atoms with van der Waals surface area (Å²) in [5.74, 6) is -1.03. The van der Waals surface area contributed by atoms with E-state index in [1.54, 1.807) is 24.4 Å². The van der Waals surface area contributed by atoms with E-state index in [1.165, 1.54) is 31.2 Å². The quantitative estimate of drug-likeness (QED) is 0.904. The Labute approximate surface area is 134 Å². The average molecular weight is 336 g/mol. The number of rotatable bonds is 5. The topological polar surface area (TPSA) is 76.1 Å². The lowest BCUT2D eigenvalue weighted by molar-refractivity contribution is -0.120. The molecule has 2 atom stereocenters. The fourth-order valence-electron chi connectivity index (χ4n) is 1.98. The van der Waals surface area contributed by atoms with E-state index in [9.17, 15) is 17.6 Å². The molecule has 1 heterocycles. The third-order valence-electron chi connectivity index (χ3n) is 3.48. The van der Waals surface area contributed by atoms with Crippen LogP contribution in [-0.4, -0.2) is 30.8 Å². The molecular weight excluding hydrogens is 319 g/mol. The van der Waals surface area contributed by atoms with Crippen LogP contribution in [0.1, 0.15) is 24.2 Å². The van der Waals surface area contributed by atoms with Crippen LogP contribution in [0.25, 0.3) is 0 Å². The first kappa shape index (κ1) is 17.1. The standard InChI is InChI=1S/C16H17FN2O3S/c1-11(23(2,21)22)16(20)19-15(14-5-3-4-10-18-14)12-6-8-13(17)9-7-12/h3-11,15H,1-2H3,(H,19,20)/t11-,15+/m0/s1. The molecule has 1 amide bonds. The van der Waals surface area contributed by atoms with E-state index in [4.69, 9.17) is 0 Å². The highest BCUT2D eigenvalue weighted by Crippen LogP contribution is 2.21.